The van der Waals surface area contributed by atoms with Gasteiger partial charge < -0.3 is 5.32 Å². The van der Waals surface area contributed by atoms with Gasteiger partial charge in [-0.25, -0.2) is 9.50 Å². The summed E-state index contributed by atoms with van der Waals surface area (Å²) in [6.45, 7) is 0.752. The summed E-state index contributed by atoms with van der Waals surface area (Å²) in [6, 6.07) is 3.78. The van der Waals surface area contributed by atoms with Crippen molar-refractivity contribution in [2.24, 2.45) is 0 Å². The van der Waals surface area contributed by atoms with Crippen LogP contribution >= 0.6 is 11.3 Å². The number of nitrogens with zero attached hydrogens (tertiary/aromatic N) is 4. The summed E-state index contributed by atoms with van der Waals surface area (Å²) in [6.07, 6.45) is 5.47. The molecule has 0 aromatic carbocycles. The third kappa shape index (κ3) is 1.74. The van der Waals surface area contributed by atoms with Crippen molar-refractivity contribution in [2.75, 3.05) is 5.32 Å². The van der Waals surface area contributed by atoms with E-state index in [1.54, 1.807) is 22.0 Å². The summed E-state index contributed by atoms with van der Waals surface area (Å²) in [5.41, 5.74) is 2.67. The second kappa shape index (κ2) is 3.90. The highest BCUT2D eigenvalue weighted by Crippen LogP contribution is 2.10. The van der Waals surface area contributed by atoms with Gasteiger partial charge in [0.15, 0.2) is 5.65 Å². The highest BCUT2D eigenvalue weighted by atomic mass is 32.1. The lowest BCUT2D eigenvalue weighted by molar-refractivity contribution is 0.937. The second-order valence-electron chi connectivity index (χ2n) is 3.27. The van der Waals surface area contributed by atoms with E-state index in [1.165, 1.54) is 4.88 Å². The lowest BCUT2D eigenvalue weighted by atomic mass is 10.5. The van der Waals surface area contributed by atoms with Gasteiger partial charge in [-0.15, -0.1) is 11.3 Å². The maximum atomic E-state index is 4.41. The second-order valence-corrected chi connectivity index (χ2v) is 4.24. The number of rotatable bonds is 3. The number of hydrogen-bond acceptors (Lipinski definition) is 5. The van der Waals surface area contributed by atoms with Crippen molar-refractivity contribution in [3.05, 3.63) is 41.1 Å². The standard InChI is InChI=1S/C10H9N5S/c1-3-13-15-4-2-9(14-10(1)15)12-6-8-5-11-7-16-8/h1-5,7H,6H2,(H,12,14). The van der Waals surface area contributed by atoms with Crippen LogP contribution in [-0.2, 0) is 6.54 Å². The van der Waals surface area contributed by atoms with Crippen molar-refractivity contribution >= 4 is 22.8 Å². The molecule has 0 atom stereocenters. The lowest BCUT2D eigenvalue weighted by Crippen LogP contribution is -2.01. The normalized spacial score (nSPS) is 10.8. The van der Waals surface area contributed by atoms with E-state index >= 15 is 0 Å². The third-order valence-corrected chi connectivity index (χ3v) is 2.96. The molecule has 0 saturated heterocycles. The molecule has 0 saturated carbocycles. The first-order valence-corrected chi connectivity index (χ1v) is 5.71. The predicted molar refractivity (Wildman–Crippen MR) is 62.4 cm³/mol. The van der Waals surface area contributed by atoms with Crippen molar-refractivity contribution < 1.29 is 0 Å². The number of thiazole rings is 1. The van der Waals surface area contributed by atoms with Crippen LogP contribution in [0.2, 0.25) is 0 Å². The highest BCUT2D eigenvalue weighted by Gasteiger charge is 1.99. The minimum absolute atomic E-state index is 0.752. The van der Waals surface area contributed by atoms with Crippen LogP contribution in [0.5, 0.6) is 0 Å². The molecular weight excluding hydrogens is 222 g/mol. The zero-order chi connectivity index (χ0) is 10.8. The number of anilines is 1. The molecule has 0 aliphatic rings. The first-order chi connectivity index (χ1) is 7.92. The molecule has 5 nitrogen and oxygen atoms in total. The Balaban J connectivity index is 1.78. The Morgan fingerprint density at radius 3 is 3.25 bits per heavy atom. The van der Waals surface area contributed by atoms with E-state index in [-0.39, 0.29) is 0 Å². The van der Waals surface area contributed by atoms with Crippen molar-refractivity contribution in [1.82, 2.24) is 19.6 Å². The van der Waals surface area contributed by atoms with Crippen molar-refractivity contribution in [2.45, 2.75) is 6.54 Å². The van der Waals surface area contributed by atoms with E-state index in [2.05, 4.69) is 20.4 Å². The molecule has 3 aromatic rings. The molecule has 80 valence electrons. The Labute approximate surface area is 95.8 Å². The van der Waals surface area contributed by atoms with Crippen LogP contribution in [0, 0.1) is 0 Å². The number of fused-ring (bicyclic) bond motifs is 1. The van der Waals surface area contributed by atoms with Gasteiger partial charge in [0.05, 0.1) is 18.3 Å². The average Bonchev–Trinajstić information content (AvgIpc) is 2.97. The Hall–Kier alpha value is -1.95. The predicted octanol–water partition coefficient (Wildman–Crippen LogP) is 1.80. The van der Waals surface area contributed by atoms with E-state index in [0.29, 0.717) is 0 Å². The van der Waals surface area contributed by atoms with Crippen LogP contribution in [0.3, 0.4) is 0 Å². The van der Waals surface area contributed by atoms with Crippen molar-refractivity contribution in [1.29, 1.82) is 0 Å². The first kappa shape index (κ1) is 9.29. The Bertz CT molecular complexity index is 586. The Morgan fingerprint density at radius 1 is 1.38 bits per heavy atom. The van der Waals surface area contributed by atoms with E-state index in [9.17, 15) is 0 Å². The molecule has 0 unspecified atom stereocenters. The van der Waals surface area contributed by atoms with Crippen LogP contribution in [0.4, 0.5) is 5.82 Å². The maximum Gasteiger partial charge on any atom is 0.157 e. The summed E-state index contributed by atoms with van der Waals surface area (Å²) in [4.78, 5) is 9.62. The molecule has 6 heteroatoms. The fraction of sp³-hybridized carbons (Fsp3) is 0.100. The molecule has 1 N–H and O–H groups in total. The van der Waals surface area contributed by atoms with Crippen LogP contribution in [0.25, 0.3) is 5.65 Å². The molecule has 3 heterocycles. The number of aromatic nitrogens is 4. The molecular formula is C10H9N5S. The summed E-state index contributed by atoms with van der Waals surface area (Å²) >= 11 is 1.63. The minimum Gasteiger partial charge on any atom is -0.365 e. The van der Waals surface area contributed by atoms with Gasteiger partial charge in [0.1, 0.15) is 5.82 Å². The largest absolute Gasteiger partial charge is 0.365 e. The van der Waals surface area contributed by atoms with Crippen molar-refractivity contribution in [3.63, 3.8) is 0 Å². The quantitative estimate of drug-likeness (QED) is 0.746. The van der Waals surface area contributed by atoms with Gasteiger partial charge in [-0.1, -0.05) is 0 Å². The molecule has 0 bridgehead atoms. The zero-order valence-electron chi connectivity index (χ0n) is 8.37. The van der Waals surface area contributed by atoms with Crippen LogP contribution in [-0.4, -0.2) is 19.6 Å². The fourth-order valence-electron chi connectivity index (χ4n) is 1.42. The van der Waals surface area contributed by atoms with Crippen LogP contribution < -0.4 is 5.32 Å². The van der Waals surface area contributed by atoms with Crippen LogP contribution in [0.1, 0.15) is 4.88 Å². The molecule has 3 rings (SSSR count). The van der Waals surface area contributed by atoms with Crippen molar-refractivity contribution in [3.8, 4) is 0 Å². The van der Waals surface area contributed by atoms with Gasteiger partial charge >= 0.3 is 0 Å². The van der Waals surface area contributed by atoms with E-state index < -0.39 is 0 Å². The molecule has 16 heavy (non-hydrogen) atoms. The maximum absolute atomic E-state index is 4.41. The summed E-state index contributed by atoms with van der Waals surface area (Å²) in [5.74, 6) is 0.849. The minimum atomic E-state index is 0.752. The molecule has 0 spiro atoms. The fourth-order valence-corrected chi connectivity index (χ4v) is 1.95. The monoisotopic (exact) mass is 231 g/mol. The highest BCUT2D eigenvalue weighted by molar-refractivity contribution is 7.09. The number of nitrogens with one attached hydrogen (secondary N) is 1. The van der Waals surface area contributed by atoms with E-state index in [4.69, 9.17) is 0 Å². The van der Waals surface area contributed by atoms with Gasteiger partial charge in [-0.3, -0.25) is 4.98 Å². The van der Waals surface area contributed by atoms with E-state index in [0.717, 1.165) is 18.0 Å². The first-order valence-electron chi connectivity index (χ1n) is 4.83. The zero-order valence-corrected chi connectivity index (χ0v) is 9.18. The molecule has 0 aliphatic carbocycles. The number of hydrogen-bond donors (Lipinski definition) is 1. The topological polar surface area (TPSA) is 55.1 Å². The van der Waals surface area contributed by atoms with Gasteiger partial charge in [0.25, 0.3) is 0 Å². The van der Waals surface area contributed by atoms with Gasteiger partial charge in [-0.2, -0.15) is 5.10 Å². The SMILES string of the molecule is c1cc2nc(NCc3cncs3)ccn2n1. The molecule has 0 amide bonds. The Morgan fingerprint density at radius 2 is 2.38 bits per heavy atom. The molecule has 0 aliphatic heterocycles. The Kier molecular flexibility index (Phi) is 2.26. The van der Waals surface area contributed by atoms with Gasteiger partial charge in [0.2, 0.25) is 0 Å². The summed E-state index contributed by atoms with van der Waals surface area (Å²) in [5, 5.41) is 7.34. The summed E-state index contributed by atoms with van der Waals surface area (Å²) in [7, 11) is 0. The summed E-state index contributed by atoms with van der Waals surface area (Å²) < 4.78 is 1.73. The molecule has 3 aromatic heterocycles. The van der Waals surface area contributed by atoms with Gasteiger partial charge in [-0.05, 0) is 6.07 Å². The molecule has 0 radical (unpaired) electrons. The lowest BCUT2D eigenvalue weighted by Gasteiger charge is -2.03. The van der Waals surface area contributed by atoms with E-state index in [1.807, 2.05) is 30.0 Å². The average molecular weight is 231 g/mol. The van der Waals surface area contributed by atoms with Crippen LogP contribution in [0.15, 0.2) is 36.2 Å². The third-order valence-electron chi connectivity index (χ3n) is 2.19. The van der Waals surface area contributed by atoms with Gasteiger partial charge in [0, 0.05) is 23.3 Å². The molecule has 0 fully saturated rings. The smallest absolute Gasteiger partial charge is 0.157 e.